The topological polar surface area (TPSA) is 39.2 Å². The maximum atomic E-state index is 11.1. The summed E-state index contributed by atoms with van der Waals surface area (Å²) in [7, 11) is -1.72. The average molecular weight is 271 g/mol. The highest BCUT2D eigenvalue weighted by atomic mass is 32.1. The quantitative estimate of drug-likeness (QED) is 0.616. The Labute approximate surface area is 108 Å². The minimum Gasteiger partial charge on any atom is -0.410 e. The minimum atomic E-state index is -1.72. The molecule has 17 heavy (non-hydrogen) atoms. The number of carbonyl (C=O) groups excluding carboxylic acids is 1. The highest BCUT2D eigenvalue weighted by Gasteiger charge is 2.37. The lowest BCUT2D eigenvalue weighted by Crippen LogP contribution is -2.40. The van der Waals surface area contributed by atoms with Crippen LogP contribution >= 0.6 is 11.3 Å². The fourth-order valence-electron chi connectivity index (χ4n) is 0.998. The zero-order valence-electron chi connectivity index (χ0n) is 11.5. The molecule has 0 saturated heterocycles. The van der Waals surface area contributed by atoms with Crippen LogP contribution < -0.4 is 0 Å². The van der Waals surface area contributed by atoms with Crippen LogP contribution in [-0.4, -0.2) is 19.1 Å². The van der Waals surface area contributed by atoms with Crippen molar-refractivity contribution in [3.8, 4) is 0 Å². The molecule has 0 amide bonds. The van der Waals surface area contributed by atoms with Gasteiger partial charge in [-0.2, -0.15) is 0 Å². The first-order valence-electron chi connectivity index (χ1n) is 5.73. The predicted molar refractivity (Wildman–Crippen MR) is 74.1 cm³/mol. The fraction of sp³-hybridized carbons (Fsp3) is 0.667. The van der Waals surface area contributed by atoms with Crippen molar-refractivity contribution in [3.63, 3.8) is 0 Å². The molecule has 0 fully saturated rings. The van der Waals surface area contributed by atoms with Gasteiger partial charge in [0.05, 0.1) is 6.61 Å². The number of ketones is 1. The lowest BCUT2D eigenvalue weighted by molar-refractivity contribution is 0.101. The monoisotopic (exact) mass is 271 g/mol. The van der Waals surface area contributed by atoms with E-state index in [-0.39, 0.29) is 10.8 Å². The second-order valence-electron chi connectivity index (χ2n) is 5.73. The van der Waals surface area contributed by atoms with Crippen molar-refractivity contribution in [2.24, 2.45) is 0 Å². The van der Waals surface area contributed by atoms with Gasteiger partial charge in [-0.25, -0.2) is 4.98 Å². The van der Waals surface area contributed by atoms with Crippen LogP contribution in [-0.2, 0) is 11.0 Å². The van der Waals surface area contributed by atoms with E-state index in [2.05, 4.69) is 38.8 Å². The van der Waals surface area contributed by atoms with Crippen LogP contribution in [0.1, 0.15) is 43.2 Å². The van der Waals surface area contributed by atoms with Crippen molar-refractivity contribution in [2.45, 2.75) is 52.4 Å². The van der Waals surface area contributed by atoms with E-state index < -0.39 is 8.32 Å². The van der Waals surface area contributed by atoms with Crippen molar-refractivity contribution >= 4 is 25.4 Å². The Kier molecular flexibility index (Phi) is 4.27. The first kappa shape index (κ1) is 14.5. The van der Waals surface area contributed by atoms with Gasteiger partial charge in [-0.05, 0) is 18.1 Å². The van der Waals surface area contributed by atoms with E-state index in [0.29, 0.717) is 12.3 Å². The highest BCUT2D eigenvalue weighted by molar-refractivity contribution is 7.09. The Morgan fingerprint density at radius 2 is 2.06 bits per heavy atom. The number of hydrogen-bond donors (Lipinski definition) is 0. The van der Waals surface area contributed by atoms with Crippen molar-refractivity contribution in [1.29, 1.82) is 0 Å². The summed E-state index contributed by atoms with van der Waals surface area (Å²) in [5.41, 5.74) is 0.545. The molecule has 0 spiro atoms. The zero-order valence-corrected chi connectivity index (χ0v) is 13.3. The summed E-state index contributed by atoms with van der Waals surface area (Å²) in [6, 6.07) is 0. The first-order chi connectivity index (χ1) is 7.63. The third-order valence-electron chi connectivity index (χ3n) is 3.28. The minimum absolute atomic E-state index is 0.0137. The molecule has 5 heteroatoms. The molecule has 0 saturated carbocycles. The Morgan fingerprint density at radius 1 is 1.47 bits per heavy atom. The molecule has 0 aliphatic heterocycles. The van der Waals surface area contributed by atoms with Crippen molar-refractivity contribution in [2.75, 3.05) is 0 Å². The Bertz CT molecular complexity index is 407. The normalized spacial score (nSPS) is 12.8. The molecule has 0 aliphatic rings. The summed E-state index contributed by atoms with van der Waals surface area (Å²) >= 11 is 1.49. The number of carbonyl (C=O) groups is 1. The second-order valence-corrected chi connectivity index (χ2v) is 11.5. The zero-order chi connectivity index (χ0) is 13.3. The van der Waals surface area contributed by atoms with E-state index in [4.69, 9.17) is 4.43 Å². The molecular formula is C12H21NO2SSi. The van der Waals surface area contributed by atoms with Crippen LogP contribution in [0.4, 0.5) is 0 Å². The molecule has 1 rings (SSSR count). The van der Waals surface area contributed by atoms with Gasteiger partial charge in [0.1, 0.15) is 10.7 Å². The van der Waals surface area contributed by atoms with Crippen molar-refractivity contribution in [1.82, 2.24) is 4.98 Å². The number of thiazole rings is 1. The summed E-state index contributed by atoms with van der Waals surface area (Å²) in [5, 5.41) is 2.89. The molecule has 0 radical (unpaired) electrons. The fourth-order valence-corrected chi connectivity index (χ4v) is 2.78. The average Bonchev–Trinajstić information content (AvgIpc) is 2.61. The third-order valence-corrected chi connectivity index (χ3v) is 8.58. The predicted octanol–water partition coefficient (Wildman–Crippen LogP) is 3.87. The maximum Gasteiger partial charge on any atom is 0.192 e. The van der Waals surface area contributed by atoms with Gasteiger partial charge in [0.25, 0.3) is 0 Å². The number of nitrogens with zero attached hydrogens (tertiary/aromatic N) is 1. The van der Waals surface area contributed by atoms with Crippen molar-refractivity contribution < 1.29 is 9.22 Å². The standard InChI is InChI=1S/C12H21NO2SSi/c1-9(14)10-8-16-11(13-10)7-15-17(5,6)12(2,3)4/h8H,7H2,1-6H3. The summed E-state index contributed by atoms with van der Waals surface area (Å²) in [6.07, 6.45) is 0. The molecule has 3 nitrogen and oxygen atoms in total. The molecule has 0 bridgehead atoms. The van der Waals surface area contributed by atoms with E-state index in [1.54, 1.807) is 5.38 Å². The Morgan fingerprint density at radius 3 is 2.47 bits per heavy atom. The van der Waals surface area contributed by atoms with Gasteiger partial charge in [-0.15, -0.1) is 11.3 Å². The van der Waals surface area contributed by atoms with Gasteiger partial charge >= 0.3 is 0 Å². The van der Waals surface area contributed by atoms with Gasteiger partial charge < -0.3 is 4.43 Å². The number of Topliss-reactive ketones (excluding diaryl/α,β-unsaturated/α-hetero) is 1. The summed E-state index contributed by atoms with van der Waals surface area (Å²) in [5.74, 6) is 0.0137. The van der Waals surface area contributed by atoms with Crippen LogP contribution in [0.5, 0.6) is 0 Å². The SMILES string of the molecule is CC(=O)c1csc(CO[Si](C)(C)C(C)(C)C)n1. The largest absolute Gasteiger partial charge is 0.410 e. The van der Waals surface area contributed by atoms with Gasteiger partial charge in [0.2, 0.25) is 0 Å². The molecule has 1 aromatic heterocycles. The van der Waals surface area contributed by atoms with Crippen LogP contribution in [0.15, 0.2) is 5.38 Å². The number of rotatable bonds is 4. The summed E-state index contributed by atoms with van der Waals surface area (Å²) in [6.45, 7) is 13.1. The molecule has 0 atom stereocenters. The molecule has 96 valence electrons. The van der Waals surface area contributed by atoms with Gasteiger partial charge in [0, 0.05) is 12.3 Å². The summed E-state index contributed by atoms with van der Waals surface area (Å²) in [4.78, 5) is 15.4. The number of hydrogen-bond acceptors (Lipinski definition) is 4. The van der Waals surface area contributed by atoms with Crippen LogP contribution in [0, 0.1) is 0 Å². The van der Waals surface area contributed by atoms with E-state index in [9.17, 15) is 4.79 Å². The molecule has 0 aliphatic carbocycles. The van der Waals surface area contributed by atoms with Crippen molar-refractivity contribution in [3.05, 3.63) is 16.1 Å². The molecule has 1 heterocycles. The molecule has 0 aromatic carbocycles. The van der Waals surface area contributed by atoms with E-state index >= 15 is 0 Å². The van der Waals surface area contributed by atoms with Crippen LogP contribution in [0.25, 0.3) is 0 Å². The van der Waals surface area contributed by atoms with Gasteiger partial charge in [-0.1, -0.05) is 20.8 Å². The lowest BCUT2D eigenvalue weighted by atomic mass is 10.2. The van der Waals surface area contributed by atoms with Gasteiger partial charge in [-0.3, -0.25) is 4.79 Å². The van der Waals surface area contributed by atoms with E-state index in [0.717, 1.165) is 5.01 Å². The molecular weight excluding hydrogens is 250 g/mol. The highest BCUT2D eigenvalue weighted by Crippen LogP contribution is 2.37. The smallest absolute Gasteiger partial charge is 0.192 e. The Hall–Kier alpha value is -0.523. The second kappa shape index (κ2) is 5.00. The molecule has 0 N–H and O–H groups in total. The first-order valence-corrected chi connectivity index (χ1v) is 9.51. The van der Waals surface area contributed by atoms with Crippen LogP contribution in [0.3, 0.4) is 0 Å². The Balaban J connectivity index is 2.64. The molecule has 0 unspecified atom stereocenters. The van der Waals surface area contributed by atoms with E-state index in [1.807, 2.05) is 0 Å². The summed E-state index contributed by atoms with van der Waals surface area (Å²) < 4.78 is 6.05. The van der Waals surface area contributed by atoms with E-state index in [1.165, 1.54) is 18.3 Å². The third kappa shape index (κ3) is 3.72. The van der Waals surface area contributed by atoms with Gasteiger partial charge in [0.15, 0.2) is 14.1 Å². The maximum absolute atomic E-state index is 11.1. The number of aromatic nitrogens is 1. The molecule has 1 aromatic rings. The van der Waals surface area contributed by atoms with Crippen LogP contribution in [0.2, 0.25) is 18.1 Å². The lowest BCUT2D eigenvalue weighted by Gasteiger charge is -2.35.